The maximum atomic E-state index is 12.6. The molecular weight excluding hydrogens is 391 g/mol. The number of carbonyl (C=O) groups excluding carboxylic acids is 1. The van der Waals surface area contributed by atoms with Gasteiger partial charge in [0, 0.05) is 6.04 Å². The predicted octanol–water partition coefficient (Wildman–Crippen LogP) is 1.68. The number of aromatic nitrogens is 2. The number of hydrogen-bond donors (Lipinski definition) is 2. The number of rotatable bonds is 3. The van der Waals surface area contributed by atoms with Gasteiger partial charge in [0.1, 0.15) is 5.15 Å². The van der Waals surface area contributed by atoms with Crippen molar-refractivity contribution < 1.29 is 26.4 Å². The summed E-state index contributed by atoms with van der Waals surface area (Å²) in [6.07, 6.45) is -4.61. The monoisotopic (exact) mass is 396 g/mol. The predicted molar refractivity (Wildman–Crippen MR) is 65.9 cm³/mol. The van der Waals surface area contributed by atoms with E-state index in [0.29, 0.717) is 0 Å². The Morgan fingerprint density at radius 2 is 2.20 bits per heavy atom. The average molecular weight is 398 g/mol. The molecule has 1 N–H and O–H groups in total. The summed E-state index contributed by atoms with van der Waals surface area (Å²) in [5, 5.41) is -0.431. The Labute approximate surface area is 126 Å². The molecule has 0 aromatic carbocycles. The molecule has 1 aromatic heterocycles. The summed E-state index contributed by atoms with van der Waals surface area (Å²) >= 11 is 8.66. The molecule has 0 spiro atoms. The summed E-state index contributed by atoms with van der Waals surface area (Å²) < 4.78 is 67.7. The Bertz CT molecular complexity index is 708. The minimum absolute atomic E-state index is 0.128. The molecule has 2 atom stereocenters. The van der Waals surface area contributed by atoms with E-state index < -0.39 is 45.7 Å². The lowest BCUT2D eigenvalue weighted by Crippen LogP contribution is -2.22. The van der Waals surface area contributed by atoms with Crippen LogP contribution in [0.15, 0.2) is 4.73 Å². The van der Waals surface area contributed by atoms with E-state index in [9.17, 15) is 26.4 Å². The molecule has 112 valence electrons. The molecule has 1 heterocycles. The van der Waals surface area contributed by atoms with E-state index in [0.717, 1.165) is 4.57 Å². The van der Waals surface area contributed by atoms with Gasteiger partial charge in [0.2, 0.25) is 10.8 Å². The van der Waals surface area contributed by atoms with Crippen molar-refractivity contribution in [2.75, 3.05) is 0 Å². The molecule has 0 bridgehead atoms. The maximum absolute atomic E-state index is 12.6. The first-order valence-electron chi connectivity index (χ1n) is 5.44. The fourth-order valence-electron chi connectivity index (χ4n) is 1.76. The van der Waals surface area contributed by atoms with Crippen molar-refractivity contribution >= 4 is 44.2 Å². The molecule has 0 radical (unpaired) electrons. The number of halogens is 5. The smallest absolute Gasteiger partial charge is 0.305 e. The fraction of sp³-hybridized carbons (Fsp3) is 0.500. The Kier molecular flexibility index (Phi) is 3.67. The first-order chi connectivity index (χ1) is 9.42. The van der Waals surface area contributed by atoms with E-state index in [1.54, 1.807) is 0 Å². The Morgan fingerprint density at radius 1 is 1.60 bits per heavy atom. The zero-order chi connectivity index (χ0) is 16.2. The molecular formula is C8H6BrClF3N3O3S. The average Bonchev–Trinajstić information content (AvgIpc) is 2.98. The number of hydrogen-bond acceptors (Lipinski definition) is 4. The largest absolute Gasteiger partial charge is 0.393 e. The van der Waals surface area contributed by atoms with Gasteiger partial charge in [-0.3, -0.25) is 4.79 Å². The summed E-state index contributed by atoms with van der Waals surface area (Å²) in [7, 11) is -4.58. The lowest BCUT2D eigenvalue weighted by molar-refractivity contribution is -0.150. The molecule has 6 nitrogen and oxygen atoms in total. The summed E-state index contributed by atoms with van der Waals surface area (Å²) in [6, 6.07) is -1.01. The topological polar surface area (TPSA) is 81.1 Å². The number of imidazole rings is 1. The van der Waals surface area contributed by atoms with Gasteiger partial charge in [0.25, 0.3) is 5.91 Å². The van der Waals surface area contributed by atoms with Gasteiger partial charge in [0.15, 0.2) is 11.6 Å². The van der Waals surface area contributed by atoms with Crippen molar-refractivity contribution in [3.63, 3.8) is 0 Å². The van der Waals surface area contributed by atoms with E-state index >= 15 is 0 Å². The second-order valence-electron chi connectivity index (χ2n) is 4.01. The lowest BCUT2D eigenvalue weighted by Gasteiger charge is -2.07. The molecule has 1 aliphatic carbocycles. The van der Waals surface area contributed by atoms with Crippen molar-refractivity contribution in [2.45, 2.75) is 18.6 Å². The molecule has 1 aromatic rings. The maximum Gasteiger partial charge on any atom is 0.393 e. The molecule has 1 amide bonds. The van der Waals surface area contributed by atoms with Crippen LogP contribution in [0.1, 0.15) is 23.0 Å². The molecule has 1 saturated carbocycles. The number of nitrogens with one attached hydrogen (secondary N) is 1. The zero-order valence-electron chi connectivity index (χ0n) is 10.3. The lowest BCUT2D eigenvalue weighted by atomic mass is 10.4. The number of amides is 1. The molecule has 0 aliphatic heterocycles. The van der Waals surface area contributed by atoms with Gasteiger partial charge >= 0.3 is 6.18 Å². The van der Waals surface area contributed by atoms with Crippen LogP contribution in [0.5, 0.6) is 0 Å². The molecule has 20 heavy (non-hydrogen) atoms. The Morgan fingerprint density at radius 3 is 2.65 bits per heavy atom. The van der Waals surface area contributed by atoms with Crippen molar-refractivity contribution in [2.24, 2.45) is 5.92 Å². The second-order valence-corrected chi connectivity index (χ2v) is 5.75. The number of thiol groups is 1. The van der Waals surface area contributed by atoms with E-state index in [1.165, 1.54) is 4.72 Å². The third kappa shape index (κ3) is 2.93. The van der Waals surface area contributed by atoms with Crippen LogP contribution in [-0.2, 0) is 10.8 Å². The Hall–Kier alpha value is -0.810. The normalized spacial score (nSPS) is 23.4. The first-order valence-corrected chi connectivity index (χ1v) is 7.27. The van der Waals surface area contributed by atoms with E-state index in [4.69, 9.17) is 12.7 Å². The molecule has 12 heteroatoms. The standard InChI is InChI=1S/C8H6BrClF3N3O3S/c9-7-14-4(6(17)15-20(18)19)5(10)16(7)3-1-2(3)8(11,12)13/h2-3,20H,1H2,(H,15,17,18,19)/i20D. The molecule has 2 unspecified atom stereocenters. The third-order valence-corrected chi connectivity index (χ3v) is 3.98. The van der Waals surface area contributed by atoms with Crippen molar-refractivity contribution in [1.82, 2.24) is 14.3 Å². The van der Waals surface area contributed by atoms with Gasteiger partial charge in [0.05, 0.1) is 5.92 Å². The van der Waals surface area contributed by atoms with Crippen molar-refractivity contribution in [3.05, 3.63) is 15.6 Å². The van der Waals surface area contributed by atoms with Crippen LogP contribution in [0.3, 0.4) is 0 Å². The quantitative estimate of drug-likeness (QED) is 0.761. The van der Waals surface area contributed by atoms with Crippen LogP contribution in [-0.4, -0.2) is 31.2 Å². The van der Waals surface area contributed by atoms with Crippen LogP contribution >= 0.6 is 27.5 Å². The summed E-state index contributed by atoms with van der Waals surface area (Å²) in [5.41, 5.74) is -0.577. The van der Waals surface area contributed by atoms with Crippen LogP contribution in [0.2, 0.25) is 5.15 Å². The van der Waals surface area contributed by atoms with Gasteiger partial charge in [-0.2, -0.15) is 13.2 Å². The highest BCUT2D eigenvalue weighted by atomic mass is 79.9. The molecule has 1 fully saturated rings. The van der Waals surface area contributed by atoms with Gasteiger partial charge < -0.3 is 4.57 Å². The van der Waals surface area contributed by atoms with Gasteiger partial charge in [-0.1, -0.05) is 11.6 Å². The second kappa shape index (κ2) is 5.19. The van der Waals surface area contributed by atoms with Crippen LogP contribution in [0, 0.1) is 5.92 Å². The van der Waals surface area contributed by atoms with E-state index in [-0.39, 0.29) is 11.2 Å². The third-order valence-electron chi connectivity index (χ3n) is 2.71. The molecule has 1 aliphatic rings. The summed E-state index contributed by atoms with van der Waals surface area (Å²) in [4.78, 5) is 15.1. The fourth-order valence-corrected chi connectivity index (χ4v) is 3.06. The number of alkyl halides is 3. The highest BCUT2D eigenvalue weighted by Crippen LogP contribution is 2.55. The highest BCUT2D eigenvalue weighted by molar-refractivity contribution is 9.10. The number of carbonyl (C=O) groups is 1. The van der Waals surface area contributed by atoms with E-state index in [2.05, 4.69) is 20.9 Å². The number of nitrogens with zero attached hydrogens (tertiary/aromatic N) is 2. The minimum atomic E-state index is -4.58. The van der Waals surface area contributed by atoms with Crippen LogP contribution in [0.4, 0.5) is 13.2 Å². The highest BCUT2D eigenvalue weighted by Gasteiger charge is 2.57. The SMILES string of the molecule is [2H]S(=O)(=O)NC(=O)c1nc(Br)n(C2CC2C(F)(F)F)c1Cl. The minimum Gasteiger partial charge on any atom is -0.305 e. The zero-order valence-corrected chi connectivity index (χ0v) is 12.4. The van der Waals surface area contributed by atoms with E-state index in [1.807, 2.05) is 0 Å². The van der Waals surface area contributed by atoms with Gasteiger partial charge in [-0.15, -0.1) is 0 Å². The molecule has 0 saturated heterocycles. The van der Waals surface area contributed by atoms with Crippen LogP contribution < -0.4 is 4.72 Å². The van der Waals surface area contributed by atoms with Crippen molar-refractivity contribution in [3.8, 4) is 0 Å². The molecule has 2 rings (SSSR count). The van der Waals surface area contributed by atoms with Crippen molar-refractivity contribution in [1.29, 1.82) is 1.12 Å². The van der Waals surface area contributed by atoms with Crippen LogP contribution in [0.25, 0.3) is 0 Å². The summed E-state index contributed by atoms with van der Waals surface area (Å²) in [6.45, 7) is 0. The first kappa shape index (κ1) is 14.1. The van der Waals surface area contributed by atoms with Gasteiger partial charge in [-0.05, 0) is 22.4 Å². The Balaban J connectivity index is 2.30. The van der Waals surface area contributed by atoms with Gasteiger partial charge in [-0.25, -0.2) is 18.1 Å². The summed E-state index contributed by atoms with van der Waals surface area (Å²) in [5.74, 6) is -2.89.